The standard InChI is InChI=1S/C17H26O2/c1-11(2)15(10-16(18)19)14-8-7-13(9-12(14)3)17(4,5)6/h7-9,11,15H,10H2,1-6H3,(H,18,19). The number of aliphatic carboxylic acids is 1. The van der Waals surface area contributed by atoms with E-state index in [-0.39, 0.29) is 17.8 Å². The van der Waals surface area contributed by atoms with Crippen LogP contribution < -0.4 is 0 Å². The van der Waals surface area contributed by atoms with Gasteiger partial charge in [-0.1, -0.05) is 52.8 Å². The van der Waals surface area contributed by atoms with E-state index in [2.05, 4.69) is 59.7 Å². The maximum Gasteiger partial charge on any atom is 0.303 e. The third-order valence-electron chi connectivity index (χ3n) is 3.73. The number of carboxylic acids is 1. The number of carbonyl (C=O) groups is 1. The van der Waals surface area contributed by atoms with Crippen LogP contribution in [0.4, 0.5) is 0 Å². The summed E-state index contributed by atoms with van der Waals surface area (Å²) in [6.07, 6.45) is 0.202. The first-order valence-corrected chi connectivity index (χ1v) is 6.95. The monoisotopic (exact) mass is 262 g/mol. The topological polar surface area (TPSA) is 37.3 Å². The van der Waals surface area contributed by atoms with E-state index < -0.39 is 5.97 Å². The molecule has 1 unspecified atom stereocenters. The van der Waals surface area contributed by atoms with Gasteiger partial charge in [0, 0.05) is 0 Å². The summed E-state index contributed by atoms with van der Waals surface area (Å²) in [7, 11) is 0. The fourth-order valence-electron chi connectivity index (χ4n) is 2.45. The zero-order valence-corrected chi connectivity index (χ0v) is 12.9. The summed E-state index contributed by atoms with van der Waals surface area (Å²) in [6.45, 7) is 12.8. The van der Waals surface area contributed by atoms with Crippen LogP contribution in [0.15, 0.2) is 18.2 Å². The van der Waals surface area contributed by atoms with E-state index in [4.69, 9.17) is 5.11 Å². The maximum absolute atomic E-state index is 11.0. The fraction of sp³-hybridized carbons (Fsp3) is 0.588. The minimum absolute atomic E-state index is 0.0894. The van der Waals surface area contributed by atoms with Crippen molar-refractivity contribution in [3.63, 3.8) is 0 Å². The SMILES string of the molecule is Cc1cc(C(C)(C)C)ccc1C(CC(=O)O)C(C)C. The Morgan fingerprint density at radius 3 is 2.21 bits per heavy atom. The van der Waals surface area contributed by atoms with Crippen LogP contribution in [0, 0.1) is 12.8 Å². The van der Waals surface area contributed by atoms with Crippen LogP contribution in [-0.4, -0.2) is 11.1 Å². The lowest BCUT2D eigenvalue weighted by Crippen LogP contribution is -2.15. The first-order valence-electron chi connectivity index (χ1n) is 6.95. The number of hydrogen-bond donors (Lipinski definition) is 1. The molecule has 0 aliphatic rings. The molecular formula is C17H26O2. The second-order valence-electron chi connectivity index (χ2n) is 6.77. The van der Waals surface area contributed by atoms with E-state index in [0.717, 1.165) is 0 Å². The first kappa shape index (κ1) is 15.7. The van der Waals surface area contributed by atoms with Crippen molar-refractivity contribution in [2.24, 2.45) is 5.92 Å². The first-order chi connectivity index (χ1) is 8.62. The Balaban J connectivity index is 3.16. The summed E-state index contributed by atoms with van der Waals surface area (Å²) in [6, 6.07) is 6.45. The van der Waals surface area contributed by atoms with Gasteiger partial charge in [0.1, 0.15) is 0 Å². The Labute approximate surface area is 116 Å². The number of rotatable bonds is 4. The minimum Gasteiger partial charge on any atom is -0.481 e. The summed E-state index contributed by atoms with van der Waals surface area (Å²) in [4.78, 5) is 11.0. The molecule has 0 spiro atoms. The van der Waals surface area contributed by atoms with Crippen molar-refractivity contribution >= 4 is 5.97 Å². The molecule has 2 nitrogen and oxygen atoms in total. The molecule has 0 aromatic heterocycles. The molecule has 0 radical (unpaired) electrons. The van der Waals surface area contributed by atoms with Crippen molar-refractivity contribution in [3.05, 3.63) is 34.9 Å². The lowest BCUT2D eigenvalue weighted by atomic mass is 9.80. The zero-order chi connectivity index (χ0) is 14.8. The predicted octanol–water partition coefficient (Wildman–Crippen LogP) is 4.51. The van der Waals surface area contributed by atoms with E-state index >= 15 is 0 Å². The number of hydrogen-bond acceptors (Lipinski definition) is 1. The number of carboxylic acid groups (broad SMARTS) is 1. The lowest BCUT2D eigenvalue weighted by molar-refractivity contribution is -0.137. The van der Waals surface area contributed by atoms with Crippen molar-refractivity contribution in [2.75, 3.05) is 0 Å². The van der Waals surface area contributed by atoms with Crippen molar-refractivity contribution in [1.29, 1.82) is 0 Å². The van der Waals surface area contributed by atoms with Gasteiger partial charge in [0.05, 0.1) is 6.42 Å². The largest absolute Gasteiger partial charge is 0.481 e. The Hall–Kier alpha value is -1.31. The molecule has 0 saturated carbocycles. The molecule has 1 aromatic carbocycles. The molecule has 0 aliphatic carbocycles. The van der Waals surface area contributed by atoms with Crippen LogP contribution >= 0.6 is 0 Å². The maximum atomic E-state index is 11.0. The van der Waals surface area contributed by atoms with E-state index in [1.807, 2.05) is 0 Å². The second-order valence-corrected chi connectivity index (χ2v) is 6.77. The van der Waals surface area contributed by atoms with Gasteiger partial charge in [0.2, 0.25) is 0 Å². The lowest BCUT2D eigenvalue weighted by Gasteiger charge is -2.25. The van der Waals surface area contributed by atoms with E-state index in [1.165, 1.54) is 16.7 Å². The second kappa shape index (κ2) is 5.77. The highest BCUT2D eigenvalue weighted by Crippen LogP contribution is 2.33. The summed E-state index contributed by atoms with van der Waals surface area (Å²) in [5, 5.41) is 9.07. The molecule has 1 rings (SSSR count). The third-order valence-corrected chi connectivity index (χ3v) is 3.73. The molecule has 0 aliphatic heterocycles. The molecule has 0 bridgehead atoms. The van der Waals surface area contributed by atoms with Crippen molar-refractivity contribution in [3.8, 4) is 0 Å². The van der Waals surface area contributed by atoms with Crippen LogP contribution in [0.2, 0.25) is 0 Å². The van der Waals surface area contributed by atoms with Crippen LogP contribution in [0.25, 0.3) is 0 Å². The van der Waals surface area contributed by atoms with Gasteiger partial charge in [-0.15, -0.1) is 0 Å². The molecule has 0 saturated heterocycles. The molecule has 106 valence electrons. The summed E-state index contributed by atoms with van der Waals surface area (Å²) < 4.78 is 0. The Morgan fingerprint density at radius 2 is 1.84 bits per heavy atom. The summed E-state index contributed by atoms with van der Waals surface area (Å²) in [5.74, 6) is -0.306. The fourth-order valence-corrected chi connectivity index (χ4v) is 2.45. The summed E-state index contributed by atoms with van der Waals surface area (Å²) in [5.41, 5.74) is 3.80. The molecule has 2 heteroatoms. The Kier molecular flexibility index (Phi) is 4.78. The average molecular weight is 262 g/mol. The van der Waals surface area contributed by atoms with Gasteiger partial charge < -0.3 is 5.11 Å². The quantitative estimate of drug-likeness (QED) is 0.867. The molecule has 0 amide bonds. The highest BCUT2D eigenvalue weighted by atomic mass is 16.4. The van der Waals surface area contributed by atoms with E-state index in [0.29, 0.717) is 5.92 Å². The van der Waals surface area contributed by atoms with Gasteiger partial charge in [-0.25, -0.2) is 0 Å². The Morgan fingerprint density at radius 1 is 1.26 bits per heavy atom. The Bertz CT molecular complexity index is 453. The summed E-state index contributed by atoms with van der Waals surface area (Å²) >= 11 is 0. The van der Waals surface area contributed by atoms with Crippen LogP contribution in [0.5, 0.6) is 0 Å². The van der Waals surface area contributed by atoms with Crippen molar-refractivity contribution < 1.29 is 9.90 Å². The van der Waals surface area contributed by atoms with Crippen LogP contribution in [0.1, 0.15) is 63.6 Å². The number of benzene rings is 1. The number of aryl methyl sites for hydroxylation is 1. The molecule has 0 heterocycles. The molecular weight excluding hydrogens is 236 g/mol. The van der Waals surface area contributed by atoms with E-state index in [1.54, 1.807) is 0 Å². The average Bonchev–Trinajstić information content (AvgIpc) is 2.24. The van der Waals surface area contributed by atoms with Gasteiger partial charge in [-0.3, -0.25) is 4.79 Å². The zero-order valence-electron chi connectivity index (χ0n) is 12.9. The molecule has 1 aromatic rings. The normalized spacial score (nSPS) is 13.6. The molecule has 1 atom stereocenters. The predicted molar refractivity (Wildman–Crippen MR) is 79.7 cm³/mol. The molecule has 1 N–H and O–H groups in total. The van der Waals surface area contributed by atoms with Gasteiger partial charge in [-0.2, -0.15) is 0 Å². The van der Waals surface area contributed by atoms with Crippen molar-refractivity contribution in [1.82, 2.24) is 0 Å². The van der Waals surface area contributed by atoms with Gasteiger partial charge in [-0.05, 0) is 40.9 Å². The molecule has 0 fully saturated rings. The highest BCUT2D eigenvalue weighted by Gasteiger charge is 2.22. The van der Waals surface area contributed by atoms with Gasteiger partial charge >= 0.3 is 5.97 Å². The van der Waals surface area contributed by atoms with Crippen LogP contribution in [0.3, 0.4) is 0 Å². The highest BCUT2D eigenvalue weighted by molar-refractivity contribution is 5.68. The smallest absolute Gasteiger partial charge is 0.303 e. The van der Waals surface area contributed by atoms with Gasteiger partial charge in [0.25, 0.3) is 0 Å². The van der Waals surface area contributed by atoms with Crippen molar-refractivity contribution in [2.45, 2.75) is 59.3 Å². The minimum atomic E-state index is -0.724. The van der Waals surface area contributed by atoms with E-state index in [9.17, 15) is 4.79 Å². The third kappa shape index (κ3) is 4.09. The van der Waals surface area contributed by atoms with Crippen LogP contribution in [-0.2, 0) is 10.2 Å². The molecule has 19 heavy (non-hydrogen) atoms. The van der Waals surface area contributed by atoms with Gasteiger partial charge in [0.15, 0.2) is 0 Å².